The summed E-state index contributed by atoms with van der Waals surface area (Å²) in [6, 6.07) is 10.4. The first-order valence-corrected chi connectivity index (χ1v) is 4.92. The second kappa shape index (κ2) is 2.58. The van der Waals surface area contributed by atoms with E-state index >= 15 is 0 Å². The molecule has 1 fully saturated rings. The molecule has 14 heavy (non-hydrogen) atoms. The highest BCUT2D eigenvalue weighted by Crippen LogP contribution is 2.43. The molecule has 1 heteroatoms. The van der Waals surface area contributed by atoms with Gasteiger partial charge in [-0.1, -0.05) is 36.4 Å². The molecule has 1 saturated heterocycles. The molecule has 1 aromatic carbocycles. The minimum Gasteiger partial charge on any atom is -0.357 e. The first kappa shape index (κ1) is 8.01. The van der Waals surface area contributed by atoms with E-state index in [9.17, 15) is 0 Å². The molecule has 0 saturated carbocycles. The average molecular weight is 184 g/mol. The minimum absolute atomic E-state index is 0.00171. The molecular formula is C13H12O. The number of epoxide rings is 1. The molecule has 2 aliphatic rings. The lowest BCUT2D eigenvalue weighted by atomic mass is 9.94. The SMILES string of the molecule is CC12C=CC(c3ccccc3)=CC1O2. The van der Waals surface area contributed by atoms with Gasteiger partial charge in [0, 0.05) is 0 Å². The Bertz CT molecular complexity index is 416. The molecule has 0 spiro atoms. The molecular weight excluding hydrogens is 172 g/mol. The summed E-state index contributed by atoms with van der Waals surface area (Å²) < 4.78 is 5.55. The van der Waals surface area contributed by atoms with E-state index in [0.29, 0.717) is 6.10 Å². The van der Waals surface area contributed by atoms with E-state index in [1.165, 1.54) is 11.1 Å². The van der Waals surface area contributed by atoms with Gasteiger partial charge in [-0.05, 0) is 30.2 Å². The van der Waals surface area contributed by atoms with E-state index in [1.54, 1.807) is 0 Å². The van der Waals surface area contributed by atoms with Crippen LogP contribution in [-0.4, -0.2) is 11.7 Å². The smallest absolute Gasteiger partial charge is 0.114 e. The van der Waals surface area contributed by atoms with Crippen LogP contribution < -0.4 is 0 Å². The molecule has 1 heterocycles. The Morgan fingerprint density at radius 2 is 2.00 bits per heavy atom. The van der Waals surface area contributed by atoms with Gasteiger partial charge in [-0.2, -0.15) is 0 Å². The normalized spacial score (nSPS) is 33.5. The van der Waals surface area contributed by atoms with Gasteiger partial charge >= 0.3 is 0 Å². The molecule has 0 radical (unpaired) electrons. The zero-order chi connectivity index (χ0) is 9.60. The number of hydrogen-bond donors (Lipinski definition) is 0. The van der Waals surface area contributed by atoms with Crippen molar-refractivity contribution >= 4 is 5.57 Å². The number of ether oxygens (including phenoxy) is 1. The van der Waals surface area contributed by atoms with E-state index in [2.05, 4.69) is 49.4 Å². The molecule has 0 N–H and O–H groups in total. The van der Waals surface area contributed by atoms with Gasteiger partial charge in [0.15, 0.2) is 0 Å². The van der Waals surface area contributed by atoms with Gasteiger partial charge < -0.3 is 4.74 Å². The first-order valence-electron chi connectivity index (χ1n) is 4.92. The highest BCUT2D eigenvalue weighted by atomic mass is 16.6. The molecule has 1 nitrogen and oxygen atoms in total. The van der Waals surface area contributed by atoms with Crippen molar-refractivity contribution in [3.8, 4) is 0 Å². The van der Waals surface area contributed by atoms with Crippen LogP contribution in [0.15, 0.2) is 48.6 Å². The second-order valence-electron chi connectivity index (χ2n) is 4.04. The van der Waals surface area contributed by atoms with Crippen molar-refractivity contribution in [3.63, 3.8) is 0 Å². The highest BCUT2D eigenvalue weighted by Gasteiger charge is 2.50. The lowest BCUT2D eigenvalue weighted by Gasteiger charge is -2.07. The molecule has 0 bridgehead atoms. The van der Waals surface area contributed by atoms with Gasteiger partial charge in [0.1, 0.15) is 11.7 Å². The standard InChI is InChI=1S/C13H12O/c1-13-8-7-11(9-12(13)14-13)10-5-3-2-4-6-10/h2-9,12H,1H3. The Labute approximate surface area is 83.7 Å². The summed E-state index contributed by atoms with van der Waals surface area (Å²) in [5, 5.41) is 0. The Morgan fingerprint density at radius 3 is 2.71 bits per heavy atom. The Morgan fingerprint density at radius 1 is 1.21 bits per heavy atom. The van der Waals surface area contributed by atoms with Crippen molar-refractivity contribution < 1.29 is 4.74 Å². The van der Waals surface area contributed by atoms with Crippen molar-refractivity contribution in [2.45, 2.75) is 18.6 Å². The minimum atomic E-state index is -0.00171. The zero-order valence-electron chi connectivity index (χ0n) is 8.10. The number of rotatable bonds is 1. The van der Waals surface area contributed by atoms with Gasteiger partial charge in [-0.3, -0.25) is 0 Å². The van der Waals surface area contributed by atoms with Crippen LogP contribution >= 0.6 is 0 Å². The van der Waals surface area contributed by atoms with Gasteiger partial charge in [0.25, 0.3) is 0 Å². The van der Waals surface area contributed by atoms with Crippen LogP contribution in [0, 0.1) is 0 Å². The molecule has 1 aliphatic heterocycles. The van der Waals surface area contributed by atoms with Crippen molar-refractivity contribution in [1.29, 1.82) is 0 Å². The van der Waals surface area contributed by atoms with E-state index in [1.807, 2.05) is 6.07 Å². The maximum Gasteiger partial charge on any atom is 0.114 e. The molecule has 1 aliphatic carbocycles. The van der Waals surface area contributed by atoms with Crippen LogP contribution in [0.1, 0.15) is 12.5 Å². The summed E-state index contributed by atoms with van der Waals surface area (Å²) in [7, 11) is 0. The second-order valence-corrected chi connectivity index (χ2v) is 4.04. The molecule has 2 unspecified atom stereocenters. The van der Waals surface area contributed by atoms with Crippen molar-refractivity contribution in [2.24, 2.45) is 0 Å². The largest absolute Gasteiger partial charge is 0.357 e. The fourth-order valence-electron chi connectivity index (χ4n) is 1.87. The molecule has 3 rings (SSSR count). The lowest BCUT2D eigenvalue weighted by Crippen LogP contribution is -2.07. The van der Waals surface area contributed by atoms with Crippen molar-refractivity contribution in [1.82, 2.24) is 0 Å². The molecule has 0 amide bonds. The highest BCUT2D eigenvalue weighted by molar-refractivity contribution is 5.77. The van der Waals surface area contributed by atoms with Crippen LogP contribution in [0.2, 0.25) is 0 Å². The maximum atomic E-state index is 5.55. The fourth-order valence-corrected chi connectivity index (χ4v) is 1.87. The van der Waals surface area contributed by atoms with Crippen LogP contribution in [0.4, 0.5) is 0 Å². The van der Waals surface area contributed by atoms with E-state index in [-0.39, 0.29) is 5.60 Å². The van der Waals surface area contributed by atoms with Gasteiger partial charge in [0.2, 0.25) is 0 Å². The summed E-state index contributed by atoms with van der Waals surface area (Å²) in [5.41, 5.74) is 2.53. The molecule has 1 aromatic rings. The summed E-state index contributed by atoms with van der Waals surface area (Å²) in [5.74, 6) is 0. The van der Waals surface area contributed by atoms with Crippen LogP contribution in [0.25, 0.3) is 5.57 Å². The number of fused-ring (bicyclic) bond motifs is 1. The van der Waals surface area contributed by atoms with Crippen molar-refractivity contribution in [2.75, 3.05) is 0 Å². The Hall–Kier alpha value is -1.34. The van der Waals surface area contributed by atoms with Crippen LogP contribution in [-0.2, 0) is 4.74 Å². The van der Waals surface area contributed by atoms with Crippen LogP contribution in [0.3, 0.4) is 0 Å². The predicted molar refractivity (Wildman–Crippen MR) is 56.8 cm³/mol. The summed E-state index contributed by atoms with van der Waals surface area (Å²) in [6.07, 6.45) is 6.80. The third kappa shape index (κ3) is 1.13. The van der Waals surface area contributed by atoms with Gasteiger partial charge in [-0.25, -0.2) is 0 Å². The number of benzene rings is 1. The first-order chi connectivity index (χ1) is 6.78. The summed E-state index contributed by atoms with van der Waals surface area (Å²) in [6.45, 7) is 2.12. The fraction of sp³-hybridized carbons (Fsp3) is 0.231. The van der Waals surface area contributed by atoms with E-state index in [4.69, 9.17) is 4.74 Å². The average Bonchev–Trinajstić information content (AvgIpc) is 2.90. The van der Waals surface area contributed by atoms with Gasteiger partial charge in [-0.15, -0.1) is 0 Å². The lowest BCUT2D eigenvalue weighted by molar-refractivity contribution is 0.357. The van der Waals surface area contributed by atoms with Gasteiger partial charge in [0.05, 0.1) is 0 Å². The maximum absolute atomic E-state index is 5.55. The monoisotopic (exact) mass is 184 g/mol. The predicted octanol–water partition coefficient (Wildman–Crippen LogP) is 2.80. The zero-order valence-corrected chi connectivity index (χ0v) is 8.10. The quantitative estimate of drug-likeness (QED) is 0.611. The number of allylic oxidation sites excluding steroid dienone is 2. The van der Waals surface area contributed by atoms with Crippen molar-refractivity contribution in [3.05, 3.63) is 54.1 Å². The van der Waals surface area contributed by atoms with Crippen LogP contribution in [0.5, 0.6) is 0 Å². The molecule has 0 aromatic heterocycles. The molecule has 70 valence electrons. The Kier molecular flexibility index (Phi) is 1.48. The Balaban J connectivity index is 1.96. The van der Waals surface area contributed by atoms with E-state index < -0.39 is 0 Å². The summed E-state index contributed by atoms with van der Waals surface area (Å²) in [4.78, 5) is 0. The summed E-state index contributed by atoms with van der Waals surface area (Å²) >= 11 is 0. The third-order valence-electron chi connectivity index (χ3n) is 2.92. The third-order valence-corrected chi connectivity index (χ3v) is 2.92. The number of hydrogen-bond acceptors (Lipinski definition) is 1. The topological polar surface area (TPSA) is 12.5 Å². The molecule has 2 atom stereocenters. The van der Waals surface area contributed by atoms with E-state index in [0.717, 1.165) is 0 Å².